The average Bonchev–Trinajstić information content (AvgIpc) is 3.01. The van der Waals surface area contributed by atoms with Crippen molar-refractivity contribution in [2.45, 2.75) is 96.9 Å². The van der Waals surface area contributed by atoms with Gasteiger partial charge < -0.3 is 20.4 Å². The second-order valence-electron chi connectivity index (χ2n) is 11.4. The first kappa shape index (κ1) is 21.6. The van der Waals surface area contributed by atoms with E-state index >= 15 is 0 Å². The van der Waals surface area contributed by atoms with Gasteiger partial charge in [-0.25, -0.2) is 0 Å². The number of carbonyl (C=O) groups is 1. The highest BCUT2D eigenvalue weighted by Crippen LogP contribution is 2.68. The quantitative estimate of drug-likeness (QED) is 0.571. The molecule has 0 saturated heterocycles. The number of aliphatic carboxylic acids is 1. The molecule has 4 rings (SSSR count). The molecule has 0 heterocycles. The topological polar surface area (TPSA) is 98.0 Å². The summed E-state index contributed by atoms with van der Waals surface area (Å²) in [6, 6.07) is 0. The number of fused-ring (bicyclic) bond motifs is 5. The van der Waals surface area contributed by atoms with Crippen LogP contribution in [0.25, 0.3) is 0 Å². The van der Waals surface area contributed by atoms with Crippen molar-refractivity contribution in [2.75, 3.05) is 0 Å². The van der Waals surface area contributed by atoms with Crippen molar-refractivity contribution in [3.8, 4) is 0 Å². The second-order valence-corrected chi connectivity index (χ2v) is 11.4. The Morgan fingerprint density at radius 3 is 2.45 bits per heavy atom. The minimum atomic E-state index is -0.748. The van der Waals surface area contributed by atoms with Crippen LogP contribution in [0.3, 0.4) is 0 Å². The van der Waals surface area contributed by atoms with Crippen LogP contribution in [-0.2, 0) is 4.79 Å². The summed E-state index contributed by atoms with van der Waals surface area (Å²) in [5, 5.41) is 42.0. The van der Waals surface area contributed by atoms with Gasteiger partial charge in [-0.2, -0.15) is 0 Å². The molecule has 0 aromatic heterocycles. The van der Waals surface area contributed by atoms with Gasteiger partial charge in [-0.1, -0.05) is 20.8 Å². The Balaban J connectivity index is 1.61. The highest BCUT2D eigenvalue weighted by atomic mass is 16.4. The Hall–Kier alpha value is -0.650. The van der Waals surface area contributed by atoms with E-state index < -0.39 is 12.1 Å². The Morgan fingerprint density at radius 2 is 1.76 bits per heavy atom. The van der Waals surface area contributed by atoms with Crippen LogP contribution in [0, 0.1) is 46.3 Å². The Labute approximate surface area is 174 Å². The molecule has 0 aromatic rings. The first-order valence-electron chi connectivity index (χ1n) is 11.8. The highest BCUT2D eigenvalue weighted by Gasteiger charge is 2.65. The monoisotopic (exact) mass is 408 g/mol. The van der Waals surface area contributed by atoms with Crippen molar-refractivity contribution in [3.63, 3.8) is 0 Å². The van der Waals surface area contributed by atoms with Crippen LogP contribution in [0.2, 0.25) is 0 Å². The van der Waals surface area contributed by atoms with E-state index in [1.54, 1.807) is 0 Å². The van der Waals surface area contributed by atoms with Gasteiger partial charge in [0.25, 0.3) is 0 Å². The molecule has 0 aromatic carbocycles. The van der Waals surface area contributed by atoms with Crippen LogP contribution < -0.4 is 0 Å². The van der Waals surface area contributed by atoms with Gasteiger partial charge in [0.1, 0.15) is 0 Å². The number of hydrogen-bond acceptors (Lipinski definition) is 4. The fourth-order valence-electron chi connectivity index (χ4n) is 8.68. The maximum absolute atomic E-state index is 11.5. The summed E-state index contributed by atoms with van der Waals surface area (Å²) in [4.78, 5) is 11.1. The molecule has 11 atom stereocenters. The summed E-state index contributed by atoms with van der Waals surface area (Å²) in [7, 11) is 0. The van der Waals surface area contributed by atoms with Crippen molar-refractivity contribution in [2.24, 2.45) is 46.3 Å². The molecule has 4 fully saturated rings. The maximum Gasteiger partial charge on any atom is 0.303 e. The van der Waals surface area contributed by atoms with Crippen LogP contribution in [0.1, 0.15) is 78.6 Å². The fraction of sp³-hybridized carbons (Fsp3) is 0.958. The molecule has 4 aliphatic carbocycles. The third-order valence-corrected chi connectivity index (χ3v) is 10.3. The van der Waals surface area contributed by atoms with Crippen molar-refractivity contribution < 1.29 is 25.2 Å². The van der Waals surface area contributed by atoms with Gasteiger partial charge in [-0.05, 0) is 97.7 Å². The van der Waals surface area contributed by atoms with Crippen molar-refractivity contribution in [1.82, 2.24) is 0 Å². The number of rotatable bonds is 4. The summed E-state index contributed by atoms with van der Waals surface area (Å²) in [6.45, 7) is 6.72. The molecule has 166 valence electrons. The summed E-state index contributed by atoms with van der Waals surface area (Å²) < 4.78 is 0. The van der Waals surface area contributed by atoms with Crippen LogP contribution in [0.5, 0.6) is 0 Å². The number of carboxylic acid groups (broad SMARTS) is 1. The van der Waals surface area contributed by atoms with E-state index in [0.717, 1.165) is 44.9 Å². The van der Waals surface area contributed by atoms with E-state index in [1.165, 1.54) is 0 Å². The Kier molecular flexibility index (Phi) is 5.57. The summed E-state index contributed by atoms with van der Waals surface area (Å²) in [5.74, 6) is 0.997. The lowest BCUT2D eigenvalue weighted by atomic mass is 9.43. The van der Waals surface area contributed by atoms with Crippen LogP contribution in [-0.4, -0.2) is 44.7 Å². The van der Waals surface area contributed by atoms with Gasteiger partial charge in [-0.3, -0.25) is 4.79 Å². The average molecular weight is 409 g/mol. The van der Waals surface area contributed by atoms with E-state index in [1.807, 2.05) is 0 Å². The predicted molar refractivity (Wildman–Crippen MR) is 110 cm³/mol. The molecule has 2 unspecified atom stereocenters. The molecular weight excluding hydrogens is 368 g/mol. The van der Waals surface area contributed by atoms with Crippen molar-refractivity contribution >= 4 is 5.97 Å². The summed E-state index contributed by atoms with van der Waals surface area (Å²) in [5.41, 5.74) is -0.143. The lowest BCUT2D eigenvalue weighted by molar-refractivity contribution is -0.207. The van der Waals surface area contributed by atoms with Crippen LogP contribution in [0.4, 0.5) is 0 Å². The molecule has 0 aliphatic heterocycles. The standard InChI is InChI=1S/C24H40O5/c1-13(4-7-21(28)29)16-5-6-17-22-18(12-20(27)24(16,17)3)23(2)9-8-15(25)10-14(23)11-19(22)26/h13-20,22,25-27H,4-12H2,1-3H3,(H,28,29)/t13?,14-,15+,16+,17-,18?,19+,20-,22-,23-,24+/m0/s1. The maximum atomic E-state index is 11.5. The third-order valence-electron chi connectivity index (χ3n) is 10.3. The van der Waals surface area contributed by atoms with Crippen LogP contribution in [0.15, 0.2) is 0 Å². The van der Waals surface area contributed by atoms with E-state index in [-0.39, 0.29) is 41.3 Å². The number of carboxylic acids is 1. The fourth-order valence-corrected chi connectivity index (χ4v) is 8.68. The van der Waals surface area contributed by atoms with Crippen molar-refractivity contribution in [3.05, 3.63) is 0 Å². The molecule has 0 spiro atoms. The lowest BCUT2D eigenvalue weighted by Crippen LogP contribution is -2.62. The minimum absolute atomic E-state index is 0.0957. The van der Waals surface area contributed by atoms with Crippen LogP contribution >= 0.6 is 0 Å². The molecule has 0 bridgehead atoms. The van der Waals surface area contributed by atoms with E-state index in [9.17, 15) is 20.1 Å². The molecule has 4 N–H and O–H groups in total. The molecule has 0 radical (unpaired) electrons. The molecule has 4 saturated carbocycles. The first-order chi connectivity index (χ1) is 13.6. The smallest absolute Gasteiger partial charge is 0.303 e. The molecule has 4 aliphatic rings. The second kappa shape index (κ2) is 7.49. The zero-order valence-electron chi connectivity index (χ0n) is 18.3. The molecule has 0 amide bonds. The Morgan fingerprint density at radius 1 is 1.03 bits per heavy atom. The predicted octanol–water partition coefficient (Wildman–Crippen LogP) is 3.45. The SMILES string of the molecule is CC(CCC(=O)O)[C@H]1CC[C@H]2[C@H]3C(C[C@H](O)[C@]12C)[C@@]1(C)CC[C@@H](O)C[C@H]1C[C@H]3O. The minimum Gasteiger partial charge on any atom is -0.481 e. The van der Waals surface area contributed by atoms with Gasteiger partial charge in [-0.15, -0.1) is 0 Å². The number of hydrogen-bond donors (Lipinski definition) is 4. The van der Waals surface area contributed by atoms with Crippen molar-refractivity contribution in [1.29, 1.82) is 0 Å². The Bertz CT molecular complexity index is 637. The third kappa shape index (κ3) is 3.27. The summed E-state index contributed by atoms with van der Waals surface area (Å²) >= 11 is 0. The van der Waals surface area contributed by atoms with Gasteiger partial charge in [0, 0.05) is 6.42 Å². The largest absolute Gasteiger partial charge is 0.481 e. The summed E-state index contributed by atoms with van der Waals surface area (Å²) in [6.07, 6.45) is 6.00. The van der Waals surface area contributed by atoms with Gasteiger partial charge >= 0.3 is 5.97 Å². The zero-order chi connectivity index (χ0) is 21.1. The number of aliphatic hydroxyl groups excluding tert-OH is 3. The normalized spacial score (nSPS) is 52.9. The lowest BCUT2D eigenvalue weighted by Gasteiger charge is -2.63. The zero-order valence-corrected chi connectivity index (χ0v) is 18.3. The van der Waals surface area contributed by atoms with E-state index in [2.05, 4.69) is 20.8 Å². The van der Waals surface area contributed by atoms with Gasteiger partial charge in [0.15, 0.2) is 0 Å². The number of aliphatic hydroxyl groups is 3. The highest BCUT2D eigenvalue weighted by molar-refractivity contribution is 5.66. The molecule has 29 heavy (non-hydrogen) atoms. The molecule has 5 nitrogen and oxygen atoms in total. The molecule has 5 heteroatoms. The first-order valence-corrected chi connectivity index (χ1v) is 11.8. The van der Waals surface area contributed by atoms with Gasteiger partial charge in [0.05, 0.1) is 18.3 Å². The van der Waals surface area contributed by atoms with E-state index in [4.69, 9.17) is 5.11 Å². The van der Waals surface area contributed by atoms with E-state index in [0.29, 0.717) is 30.1 Å². The molecular formula is C24H40O5. The van der Waals surface area contributed by atoms with Gasteiger partial charge in [0.2, 0.25) is 0 Å².